The number of thiazole rings is 1. The summed E-state index contributed by atoms with van der Waals surface area (Å²) in [6, 6.07) is 6.37. The van der Waals surface area contributed by atoms with Crippen molar-refractivity contribution in [1.29, 1.82) is 0 Å². The number of aryl methyl sites for hydroxylation is 1. The maximum absolute atomic E-state index is 13.8. The first-order valence-corrected chi connectivity index (χ1v) is 16.4. The van der Waals surface area contributed by atoms with Gasteiger partial charge in [-0.25, -0.2) is 4.98 Å². The highest BCUT2D eigenvalue weighted by atomic mass is 32.1. The van der Waals surface area contributed by atoms with Crippen molar-refractivity contribution in [2.24, 2.45) is 5.41 Å². The molecule has 2 aliphatic rings. The summed E-state index contributed by atoms with van der Waals surface area (Å²) in [5, 5.41) is 19.7. The van der Waals surface area contributed by atoms with Gasteiger partial charge >= 0.3 is 0 Å². The van der Waals surface area contributed by atoms with E-state index in [0.29, 0.717) is 13.0 Å². The molecule has 4 rings (SSSR count). The molecule has 3 heterocycles. The van der Waals surface area contributed by atoms with Gasteiger partial charge in [-0.05, 0) is 42.9 Å². The van der Waals surface area contributed by atoms with Gasteiger partial charge in [0.2, 0.25) is 17.7 Å². The number of aliphatic hydroxyl groups excluding tert-OH is 1. The predicted molar refractivity (Wildman–Crippen MR) is 169 cm³/mol. The zero-order valence-corrected chi connectivity index (χ0v) is 26.8. The first kappa shape index (κ1) is 33.0. The molecule has 4 N–H and O–H groups in total. The number of unbranched alkanes of at least 4 members (excludes halogenated alkanes) is 2. The largest absolute Gasteiger partial charge is 0.391 e. The molecule has 3 atom stereocenters. The maximum Gasteiger partial charge on any atom is 0.246 e. The molecule has 0 aliphatic carbocycles. The molecule has 2 aromatic rings. The van der Waals surface area contributed by atoms with E-state index >= 15 is 0 Å². The van der Waals surface area contributed by atoms with E-state index in [4.69, 9.17) is 0 Å². The lowest BCUT2D eigenvalue weighted by Crippen LogP contribution is -2.57. The van der Waals surface area contributed by atoms with Crippen LogP contribution in [0.15, 0.2) is 29.8 Å². The van der Waals surface area contributed by atoms with Crippen LogP contribution in [0.5, 0.6) is 0 Å². The molecule has 1 aromatic carbocycles. The number of nitrogens with one attached hydrogen (secondary N) is 3. The van der Waals surface area contributed by atoms with Crippen molar-refractivity contribution >= 4 is 29.1 Å². The van der Waals surface area contributed by atoms with Crippen LogP contribution < -0.4 is 16.0 Å². The average Bonchev–Trinajstić information content (AvgIpc) is 3.59. The highest BCUT2D eigenvalue weighted by molar-refractivity contribution is 7.13. The third-order valence-electron chi connectivity index (χ3n) is 8.30. The lowest BCUT2D eigenvalue weighted by atomic mass is 9.85. The summed E-state index contributed by atoms with van der Waals surface area (Å²) in [7, 11) is 0. The van der Waals surface area contributed by atoms with E-state index < -0.39 is 23.6 Å². The number of aliphatic hydroxyl groups is 1. The second kappa shape index (κ2) is 15.2. The first-order chi connectivity index (χ1) is 20.5. The molecule has 2 fully saturated rings. The molecule has 236 valence electrons. The normalized spacial score (nSPS) is 20.2. The minimum absolute atomic E-state index is 0.0638. The Bertz CT molecular complexity index is 1220. The van der Waals surface area contributed by atoms with Crippen molar-refractivity contribution in [3.05, 3.63) is 41.0 Å². The zero-order chi connectivity index (χ0) is 31.0. The number of carbonyl (C=O) groups is 3. The summed E-state index contributed by atoms with van der Waals surface area (Å²) in [5.74, 6) is -0.801. The molecule has 2 aliphatic heterocycles. The molecule has 11 heteroatoms. The van der Waals surface area contributed by atoms with Gasteiger partial charge in [-0.3, -0.25) is 14.4 Å². The van der Waals surface area contributed by atoms with Crippen LogP contribution in [0.4, 0.5) is 0 Å². The van der Waals surface area contributed by atoms with Gasteiger partial charge in [0.15, 0.2) is 0 Å². The maximum atomic E-state index is 13.8. The van der Waals surface area contributed by atoms with E-state index in [2.05, 4.69) is 25.8 Å². The van der Waals surface area contributed by atoms with Gasteiger partial charge < -0.3 is 30.9 Å². The van der Waals surface area contributed by atoms with Crippen molar-refractivity contribution in [2.45, 2.75) is 84.5 Å². The summed E-state index contributed by atoms with van der Waals surface area (Å²) >= 11 is 1.59. The Labute approximate surface area is 259 Å². The van der Waals surface area contributed by atoms with E-state index in [1.165, 1.54) is 4.90 Å². The molecule has 10 nitrogen and oxygen atoms in total. The van der Waals surface area contributed by atoms with Crippen molar-refractivity contribution in [3.63, 3.8) is 0 Å². The fraction of sp³-hybridized carbons (Fsp3) is 0.625. The fourth-order valence-electron chi connectivity index (χ4n) is 5.75. The summed E-state index contributed by atoms with van der Waals surface area (Å²) in [4.78, 5) is 49.3. The number of hydrogen-bond acceptors (Lipinski definition) is 8. The summed E-state index contributed by atoms with van der Waals surface area (Å²) < 4.78 is 0. The fourth-order valence-corrected chi connectivity index (χ4v) is 6.56. The first-order valence-electron chi connectivity index (χ1n) is 15.5. The lowest BCUT2D eigenvalue weighted by Gasteiger charge is -2.35. The molecule has 43 heavy (non-hydrogen) atoms. The van der Waals surface area contributed by atoms with Crippen LogP contribution >= 0.6 is 11.3 Å². The van der Waals surface area contributed by atoms with Gasteiger partial charge in [0.05, 0.1) is 22.2 Å². The quantitative estimate of drug-likeness (QED) is 0.272. The highest BCUT2D eigenvalue weighted by Crippen LogP contribution is 2.28. The standard InChI is InChI=1S/C32H48N6O4S/c1-22-28(43-21-35-22)24-11-9-23(10-12-24)19-34-30(41)26-18-25(39)20-38(26)31(42)29(32(2,3)4)36-27(40)8-6-5-7-15-37-16-13-33-14-17-37/h9-12,21,25-26,29,33,39H,5-8,13-20H2,1-4H3,(H,34,41)(H,36,40)/t25-,26+,29-/m1/s1. The van der Waals surface area contributed by atoms with Crippen LogP contribution in [0, 0.1) is 12.3 Å². The third-order valence-corrected chi connectivity index (χ3v) is 9.28. The Morgan fingerprint density at radius 3 is 2.49 bits per heavy atom. The molecule has 3 amide bonds. The number of amides is 3. The number of carbonyl (C=O) groups excluding carboxylic acids is 3. The van der Waals surface area contributed by atoms with Gasteiger partial charge in [0.25, 0.3) is 0 Å². The van der Waals surface area contributed by atoms with Crippen LogP contribution in [0.25, 0.3) is 10.4 Å². The van der Waals surface area contributed by atoms with Crippen LogP contribution in [0.3, 0.4) is 0 Å². The number of rotatable bonds is 12. The Balaban J connectivity index is 1.29. The monoisotopic (exact) mass is 612 g/mol. The second-order valence-corrected chi connectivity index (χ2v) is 13.7. The molecule has 0 saturated carbocycles. The number of benzene rings is 1. The Hall–Kier alpha value is -2.86. The van der Waals surface area contributed by atoms with E-state index in [1.807, 2.05) is 57.5 Å². The number of likely N-dealkylation sites (tertiary alicyclic amines) is 1. The number of aromatic nitrogens is 1. The van der Waals surface area contributed by atoms with Crippen molar-refractivity contribution in [1.82, 2.24) is 30.7 Å². The Morgan fingerprint density at radius 2 is 1.84 bits per heavy atom. The van der Waals surface area contributed by atoms with Crippen LogP contribution in [0.2, 0.25) is 0 Å². The average molecular weight is 613 g/mol. The topological polar surface area (TPSA) is 127 Å². The van der Waals surface area contributed by atoms with Gasteiger partial charge in [0, 0.05) is 52.1 Å². The minimum Gasteiger partial charge on any atom is -0.391 e. The summed E-state index contributed by atoms with van der Waals surface area (Å²) in [5.41, 5.74) is 4.26. The molecule has 0 unspecified atom stereocenters. The Morgan fingerprint density at radius 1 is 1.12 bits per heavy atom. The van der Waals surface area contributed by atoms with E-state index in [1.54, 1.807) is 11.3 Å². The van der Waals surface area contributed by atoms with Gasteiger partial charge in [-0.2, -0.15) is 0 Å². The molecule has 1 aromatic heterocycles. The van der Waals surface area contributed by atoms with E-state index in [-0.39, 0.29) is 30.7 Å². The van der Waals surface area contributed by atoms with Gasteiger partial charge in [-0.15, -0.1) is 11.3 Å². The molecule has 0 bridgehead atoms. The van der Waals surface area contributed by atoms with E-state index in [9.17, 15) is 19.5 Å². The number of piperazine rings is 1. The van der Waals surface area contributed by atoms with Crippen molar-refractivity contribution in [2.75, 3.05) is 39.3 Å². The molecular formula is C32H48N6O4S. The van der Waals surface area contributed by atoms with Crippen molar-refractivity contribution < 1.29 is 19.5 Å². The predicted octanol–water partition coefficient (Wildman–Crippen LogP) is 2.69. The van der Waals surface area contributed by atoms with Crippen LogP contribution in [-0.2, 0) is 20.9 Å². The summed E-state index contributed by atoms with van der Waals surface area (Å²) in [6.07, 6.45) is 2.50. The van der Waals surface area contributed by atoms with Crippen molar-refractivity contribution in [3.8, 4) is 10.4 Å². The molecular weight excluding hydrogens is 564 g/mol. The van der Waals surface area contributed by atoms with Gasteiger partial charge in [0.1, 0.15) is 12.1 Å². The minimum atomic E-state index is -0.802. The Kier molecular flexibility index (Phi) is 11.7. The molecule has 2 saturated heterocycles. The number of nitrogens with zero attached hydrogens (tertiary/aromatic N) is 3. The van der Waals surface area contributed by atoms with Crippen LogP contribution in [-0.4, -0.2) is 95.1 Å². The van der Waals surface area contributed by atoms with Crippen LogP contribution in [0.1, 0.15) is 64.1 Å². The van der Waals surface area contributed by atoms with Gasteiger partial charge in [-0.1, -0.05) is 51.5 Å². The lowest BCUT2D eigenvalue weighted by molar-refractivity contribution is -0.144. The molecule has 0 spiro atoms. The zero-order valence-electron chi connectivity index (χ0n) is 26.0. The van der Waals surface area contributed by atoms with E-state index in [0.717, 1.165) is 73.7 Å². The molecule has 0 radical (unpaired) electrons. The number of hydrogen-bond donors (Lipinski definition) is 4. The number of β-amino-alcohol motifs (C(OH)–C–C–N with tert-alkyl or cyclic N) is 1. The smallest absolute Gasteiger partial charge is 0.246 e. The highest BCUT2D eigenvalue weighted by Gasteiger charge is 2.44. The summed E-state index contributed by atoms with van der Waals surface area (Å²) in [6.45, 7) is 13.3. The third kappa shape index (κ3) is 9.31. The SMILES string of the molecule is Cc1ncsc1-c1ccc(CNC(=O)[C@@H]2C[C@@H](O)CN2C(=O)[C@@H](NC(=O)CCCCCN2CCNCC2)C(C)(C)C)cc1. The second-order valence-electron chi connectivity index (χ2n) is 12.8.